The number of amides is 1. The minimum Gasteiger partial charge on any atom is -0.493 e. The number of ether oxygens (including phenoxy) is 3. The monoisotopic (exact) mass is 479 g/mol. The second-order valence-corrected chi connectivity index (χ2v) is 7.73. The van der Waals surface area contributed by atoms with Crippen LogP contribution in [0.2, 0.25) is 0 Å². The second-order valence-electron chi connectivity index (χ2n) is 7.73. The summed E-state index contributed by atoms with van der Waals surface area (Å²) in [6, 6.07) is 11.4. The highest BCUT2D eigenvalue weighted by Gasteiger charge is 2.14. The molecular weight excluding hydrogens is 450 g/mol. The van der Waals surface area contributed by atoms with E-state index < -0.39 is 17.5 Å². The first-order valence-electron chi connectivity index (χ1n) is 11.5. The normalized spacial score (nSPS) is 10.9. The first kappa shape index (κ1) is 25.6. The van der Waals surface area contributed by atoms with Crippen molar-refractivity contribution < 1.29 is 28.2 Å². The van der Waals surface area contributed by atoms with Crippen LogP contribution in [0.1, 0.15) is 49.0 Å². The molecule has 0 aliphatic rings. The lowest BCUT2D eigenvalue weighted by Gasteiger charge is -2.11. The van der Waals surface area contributed by atoms with Crippen molar-refractivity contribution in [2.45, 2.75) is 33.1 Å². The molecule has 1 aromatic heterocycles. The fraction of sp³-hybridized carbons (Fsp3) is 0.296. The molecular formula is C27H29NO7. The Morgan fingerprint density at radius 3 is 2.60 bits per heavy atom. The third-order valence-corrected chi connectivity index (χ3v) is 5.11. The SMILES string of the molecule is CCCCCOc1ccc(/C=C/C(=O)Oc2ccc3cc(C(=O)NCC)c(=O)oc3c2)cc1OC. The van der Waals surface area contributed by atoms with Gasteiger partial charge in [0.05, 0.1) is 13.7 Å². The zero-order valence-electron chi connectivity index (χ0n) is 20.1. The first-order valence-corrected chi connectivity index (χ1v) is 11.5. The lowest BCUT2D eigenvalue weighted by molar-refractivity contribution is -0.128. The number of methoxy groups -OCH3 is 1. The van der Waals surface area contributed by atoms with Crippen LogP contribution in [0.5, 0.6) is 17.2 Å². The number of carbonyl (C=O) groups is 2. The molecule has 0 aliphatic carbocycles. The number of fused-ring (bicyclic) bond motifs is 1. The van der Waals surface area contributed by atoms with Crippen LogP contribution in [-0.4, -0.2) is 32.1 Å². The highest BCUT2D eigenvalue weighted by Crippen LogP contribution is 2.29. The molecule has 8 heteroatoms. The molecule has 184 valence electrons. The van der Waals surface area contributed by atoms with E-state index in [1.165, 1.54) is 18.2 Å². The van der Waals surface area contributed by atoms with Gasteiger partial charge in [0.1, 0.15) is 16.9 Å². The van der Waals surface area contributed by atoms with Gasteiger partial charge in [0.15, 0.2) is 11.5 Å². The highest BCUT2D eigenvalue weighted by atomic mass is 16.5. The van der Waals surface area contributed by atoms with Crippen molar-refractivity contribution in [2.75, 3.05) is 20.3 Å². The first-order chi connectivity index (χ1) is 16.9. The summed E-state index contributed by atoms with van der Waals surface area (Å²) in [6.07, 6.45) is 6.08. The Bertz CT molecular complexity index is 1280. The average molecular weight is 480 g/mol. The fourth-order valence-corrected chi connectivity index (χ4v) is 3.32. The maximum atomic E-state index is 12.3. The molecule has 35 heavy (non-hydrogen) atoms. The van der Waals surface area contributed by atoms with Crippen LogP contribution in [0.4, 0.5) is 0 Å². The van der Waals surface area contributed by atoms with Crippen LogP contribution in [0.25, 0.3) is 17.0 Å². The summed E-state index contributed by atoms with van der Waals surface area (Å²) >= 11 is 0. The summed E-state index contributed by atoms with van der Waals surface area (Å²) in [6.45, 7) is 4.90. The molecule has 3 rings (SSSR count). The van der Waals surface area contributed by atoms with E-state index in [1.807, 2.05) is 6.07 Å². The lowest BCUT2D eigenvalue weighted by atomic mass is 10.1. The van der Waals surface area contributed by atoms with Crippen molar-refractivity contribution in [2.24, 2.45) is 0 Å². The van der Waals surface area contributed by atoms with Crippen molar-refractivity contribution in [3.8, 4) is 17.2 Å². The molecule has 0 unspecified atom stereocenters. The Hall–Kier alpha value is -4.07. The van der Waals surface area contributed by atoms with Gasteiger partial charge in [0, 0.05) is 24.1 Å². The largest absolute Gasteiger partial charge is 0.493 e. The summed E-state index contributed by atoms with van der Waals surface area (Å²) in [5.41, 5.74) is 0.0945. The molecule has 0 atom stereocenters. The lowest BCUT2D eigenvalue weighted by Crippen LogP contribution is -2.27. The van der Waals surface area contributed by atoms with E-state index in [0.29, 0.717) is 30.0 Å². The molecule has 8 nitrogen and oxygen atoms in total. The van der Waals surface area contributed by atoms with Crippen molar-refractivity contribution in [1.29, 1.82) is 0 Å². The Morgan fingerprint density at radius 1 is 1.03 bits per heavy atom. The Labute approximate surface area is 203 Å². The number of esters is 1. The van der Waals surface area contributed by atoms with Gasteiger partial charge in [-0.25, -0.2) is 9.59 Å². The van der Waals surface area contributed by atoms with Gasteiger partial charge < -0.3 is 23.9 Å². The number of nitrogens with one attached hydrogen (secondary N) is 1. The van der Waals surface area contributed by atoms with E-state index in [4.69, 9.17) is 18.6 Å². The van der Waals surface area contributed by atoms with Gasteiger partial charge in [-0.05, 0) is 55.3 Å². The molecule has 0 saturated carbocycles. The van der Waals surface area contributed by atoms with E-state index in [0.717, 1.165) is 24.8 Å². The quantitative estimate of drug-likeness (QED) is 0.139. The molecule has 0 saturated heterocycles. The van der Waals surface area contributed by atoms with Crippen LogP contribution in [0.3, 0.4) is 0 Å². The average Bonchev–Trinajstić information content (AvgIpc) is 2.85. The Kier molecular flexibility index (Phi) is 9.06. The van der Waals surface area contributed by atoms with Gasteiger partial charge >= 0.3 is 11.6 Å². The number of carbonyl (C=O) groups excluding carboxylic acids is 2. The van der Waals surface area contributed by atoms with Crippen molar-refractivity contribution in [1.82, 2.24) is 5.32 Å². The summed E-state index contributed by atoms with van der Waals surface area (Å²) in [7, 11) is 1.56. The molecule has 1 N–H and O–H groups in total. The molecule has 0 aliphatic heterocycles. The minimum atomic E-state index is -0.765. The summed E-state index contributed by atoms with van der Waals surface area (Å²) < 4.78 is 21.7. The number of rotatable bonds is 11. The van der Waals surface area contributed by atoms with Crippen LogP contribution < -0.4 is 25.2 Å². The number of hydrogen-bond acceptors (Lipinski definition) is 7. The summed E-state index contributed by atoms with van der Waals surface area (Å²) in [4.78, 5) is 36.4. The standard InChI is InChI=1S/C27H29NO7/c1-4-6-7-14-33-22-12-8-18(15-24(22)32-3)9-13-25(29)34-20-11-10-19-16-21(26(30)28-5-2)27(31)35-23(19)17-20/h8-13,15-17H,4-7,14H2,1-3H3,(H,28,30)/b13-9+. The van der Waals surface area contributed by atoms with E-state index in [1.54, 1.807) is 44.4 Å². The highest BCUT2D eigenvalue weighted by molar-refractivity contribution is 5.97. The van der Waals surface area contributed by atoms with Crippen LogP contribution >= 0.6 is 0 Å². The molecule has 3 aromatic rings. The van der Waals surface area contributed by atoms with Crippen molar-refractivity contribution in [3.05, 3.63) is 70.1 Å². The molecule has 0 bridgehead atoms. The molecule has 0 radical (unpaired) electrons. The maximum Gasteiger partial charge on any atom is 0.349 e. The second kappa shape index (κ2) is 12.4. The molecule has 1 heterocycles. The van der Waals surface area contributed by atoms with Gasteiger partial charge in [-0.1, -0.05) is 25.8 Å². The molecule has 0 spiro atoms. The van der Waals surface area contributed by atoms with Crippen LogP contribution in [0.15, 0.2) is 57.8 Å². The predicted molar refractivity (Wildman–Crippen MR) is 133 cm³/mol. The van der Waals surface area contributed by atoms with E-state index >= 15 is 0 Å². The van der Waals surface area contributed by atoms with Gasteiger partial charge in [0.2, 0.25) is 0 Å². The number of unbranched alkanes of at least 4 members (excludes halogenated alkanes) is 2. The summed E-state index contributed by atoms with van der Waals surface area (Å²) in [5, 5.41) is 3.10. The molecule has 0 fully saturated rings. The van der Waals surface area contributed by atoms with Crippen LogP contribution in [-0.2, 0) is 4.79 Å². The maximum absolute atomic E-state index is 12.3. The predicted octanol–water partition coefficient (Wildman–Crippen LogP) is 4.74. The zero-order valence-corrected chi connectivity index (χ0v) is 20.1. The Balaban J connectivity index is 1.67. The van der Waals surface area contributed by atoms with Gasteiger partial charge in [-0.3, -0.25) is 4.79 Å². The van der Waals surface area contributed by atoms with Crippen LogP contribution in [0, 0.1) is 0 Å². The topological polar surface area (TPSA) is 104 Å². The zero-order chi connectivity index (χ0) is 25.2. The van der Waals surface area contributed by atoms with Crippen molar-refractivity contribution >= 4 is 28.9 Å². The fourth-order valence-electron chi connectivity index (χ4n) is 3.32. The third-order valence-electron chi connectivity index (χ3n) is 5.11. The summed E-state index contributed by atoms with van der Waals surface area (Å²) in [5.74, 6) is 0.320. The van der Waals surface area contributed by atoms with Gasteiger partial charge in [0.25, 0.3) is 5.91 Å². The number of benzene rings is 2. The van der Waals surface area contributed by atoms with Crippen molar-refractivity contribution in [3.63, 3.8) is 0 Å². The minimum absolute atomic E-state index is 0.0835. The number of hydrogen-bond donors (Lipinski definition) is 1. The molecule has 2 aromatic carbocycles. The van der Waals surface area contributed by atoms with E-state index in [2.05, 4.69) is 12.2 Å². The smallest absolute Gasteiger partial charge is 0.349 e. The van der Waals surface area contributed by atoms with Gasteiger partial charge in [-0.2, -0.15) is 0 Å². The third kappa shape index (κ3) is 6.96. The Morgan fingerprint density at radius 2 is 1.86 bits per heavy atom. The molecule has 1 amide bonds. The van der Waals surface area contributed by atoms with Gasteiger partial charge in [-0.15, -0.1) is 0 Å². The van der Waals surface area contributed by atoms with E-state index in [-0.39, 0.29) is 16.9 Å². The van der Waals surface area contributed by atoms with E-state index in [9.17, 15) is 14.4 Å².